The van der Waals surface area contributed by atoms with Crippen molar-refractivity contribution in [2.45, 2.75) is 56.9 Å². The second-order valence-electron chi connectivity index (χ2n) is 5.51. The van der Waals surface area contributed by atoms with E-state index in [4.69, 9.17) is 0 Å². The van der Waals surface area contributed by atoms with Crippen molar-refractivity contribution in [3.8, 4) is 0 Å². The standard InChI is InChI=1S/C15H24N2O2S/c1-3-4-5-6-12(2)17-20(18,19)14-8-7-13-9-10-16-15(13)11-14/h7-8,11-12,16-17H,3-6,9-10H2,1-2H3. The van der Waals surface area contributed by atoms with Gasteiger partial charge in [-0.1, -0.05) is 32.3 Å². The van der Waals surface area contributed by atoms with E-state index in [2.05, 4.69) is 17.0 Å². The summed E-state index contributed by atoms with van der Waals surface area (Å²) >= 11 is 0. The van der Waals surface area contributed by atoms with Gasteiger partial charge in [0.2, 0.25) is 10.0 Å². The molecule has 2 N–H and O–H groups in total. The third kappa shape index (κ3) is 3.73. The average Bonchev–Trinajstić information content (AvgIpc) is 2.85. The molecule has 1 aromatic carbocycles. The van der Waals surface area contributed by atoms with E-state index in [1.54, 1.807) is 12.1 Å². The van der Waals surface area contributed by atoms with Gasteiger partial charge in [-0.25, -0.2) is 13.1 Å². The zero-order valence-electron chi connectivity index (χ0n) is 12.3. The minimum atomic E-state index is -3.41. The van der Waals surface area contributed by atoms with E-state index in [1.165, 1.54) is 5.56 Å². The van der Waals surface area contributed by atoms with Crippen molar-refractivity contribution in [3.63, 3.8) is 0 Å². The van der Waals surface area contributed by atoms with Gasteiger partial charge in [-0.05, 0) is 37.5 Å². The van der Waals surface area contributed by atoms with E-state index in [0.717, 1.165) is 44.3 Å². The van der Waals surface area contributed by atoms with Gasteiger partial charge < -0.3 is 5.32 Å². The van der Waals surface area contributed by atoms with Crippen LogP contribution in [0.4, 0.5) is 5.69 Å². The van der Waals surface area contributed by atoms with Gasteiger partial charge in [-0.15, -0.1) is 0 Å². The van der Waals surface area contributed by atoms with Crippen LogP contribution in [0.25, 0.3) is 0 Å². The van der Waals surface area contributed by atoms with Crippen LogP contribution < -0.4 is 10.0 Å². The fraction of sp³-hybridized carbons (Fsp3) is 0.600. The number of anilines is 1. The van der Waals surface area contributed by atoms with Crippen LogP contribution in [0.15, 0.2) is 23.1 Å². The quantitative estimate of drug-likeness (QED) is 0.761. The molecule has 0 aromatic heterocycles. The van der Waals surface area contributed by atoms with Gasteiger partial charge in [0, 0.05) is 18.3 Å². The van der Waals surface area contributed by atoms with Crippen LogP contribution in [0.5, 0.6) is 0 Å². The Morgan fingerprint density at radius 2 is 2.15 bits per heavy atom. The number of sulfonamides is 1. The second kappa shape index (κ2) is 6.59. The Labute approximate surface area is 122 Å². The second-order valence-corrected chi connectivity index (χ2v) is 7.23. The number of unbranched alkanes of at least 4 members (excludes halogenated alkanes) is 2. The van der Waals surface area contributed by atoms with Gasteiger partial charge in [-0.2, -0.15) is 0 Å². The summed E-state index contributed by atoms with van der Waals surface area (Å²) in [6.07, 6.45) is 5.21. The normalized spacial score (nSPS) is 15.7. The number of nitrogens with one attached hydrogen (secondary N) is 2. The van der Waals surface area contributed by atoms with Gasteiger partial charge in [0.05, 0.1) is 4.90 Å². The van der Waals surface area contributed by atoms with Crippen LogP contribution in [-0.2, 0) is 16.4 Å². The highest BCUT2D eigenvalue weighted by Crippen LogP contribution is 2.25. The summed E-state index contributed by atoms with van der Waals surface area (Å²) in [6, 6.07) is 5.33. The molecule has 0 amide bonds. The van der Waals surface area contributed by atoms with Crippen molar-refractivity contribution in [2.24, 2.45) is 0 Å². The van der Waals surface area contributed by atoms with Crippen molar-refractivity contribution >= 4 is 15.7 Å². The fourth-order valence-corrected chi connectivity index (χ4v) is 3.83. The highest BCUT2D eigenvalue weighted by Gasteiger charge is 2.20. The van der Waals surface area contributed by atoms with Gasteiger partial charge >= 0.3 is 0 Å². The van der Waals surface area contributed by atoms with Crippen LogP contribution in [0, 0.1) is 0 Å². The first-order chi connectivity index (χ1) is 9.53. The highest BCUT2D eigenvalue weighted by molar-refractivity contribution is 7.89. The molecule has 0 aliphatic carbocycles. The summed E-state index contributed by atoms with van der Waals surface area (Å²) in [4.78, 5) is 0.355. The van der Waals surface area contributed by atoms with Gasteiger partial charge in [0.15, 0.2) is 0 Å². The van der Waals surface area contributed by atoms with Crippen molar-refractivity contribution in [3.05, 3.63) is 23.8 Å². The number of hydrogen-bond acceptors (Lipinski definition) is 3. The average molecular weight is 296 g/mol. The summed E-state index contributed by atoms with van der Waals surface area (Å²) in [7, 11) is -3.41. The van der Waals surface area contributed by atoms with Crippen LogP contribution in [0.1, 0.15) is 45.1 Å². The van der Waals surface area contributed by atoms with Crippen LogP contribution in [0.3, 0.4) is 0 Å². The Morgan fingerprint density at radius 3 is 2.90 bits per heavy atom. The first-order valence-corrected chi connectivity index (χ1v) is 8.90. The maximum Gasteiger partial charge on any atom is 0.240 e. The Bertz CT molecular complexity index is 555. The van der Waals surface area contributed by atoms with Gasteiger partial charge in [-0.3, -0.25) is 0 Å². The maximum absolute atomic E-state index is 12.3. The Hall–Kier alpha value is -1.07. The van der Waals surface area contributed by atoms with E-state index >= 15 is 0 Å². The predicted molar refractivity (Wildman–Crippen MR) is 82.6 cm³/mol. The largest absolute Gasteiger partial charge is 0.384 e. The summed E-state index contributed by atoms with van der Waals surface area (Å²) in [5.41, 5.74) is 2.14. The maximum atomic E-state index is 12.3. The lowest BCUT2D eigenvalue weighted by molar-refractivity contribution is 0.527. The summed E-state index contributed by atoms with van der Waals surface area (Å²) < 4.78 is 27.4. The summed E-state index contributed by atoms with van der Waals surface area (Å²) in [6.45, 7) is 4.96. The molecule has 1 unspecified atom stereocenters. The third-order valence-electron chi connectivity index (χ3n) is 3.70. The molecule has 0 bridgehead atoms. The Balaban J connectivity index is 2.03. The molecular weight excluding hydrogens is 272 g/mol. The fourth-order valence-electron chi connectivity index (χ4n) is 2.53. The van der Waals surface area contributed by atoms with Crippen LogP contribution >= 0.6 is 0 Å². The van der Waals surface area contributed by atoms with Crippen molar-refractivity contribution in [2.75, 3.05) is 11.9 Å². The van der Waals surface area contributed by atoms with E-state index in [1.807, 2.05) is 13.0 Å². The van der Waals surface area contributed by atoms with Crippen LogP contribution in [0.2, 0.25) is 0 Å². The van der Waals surface area contributed by atoms with Crippen molar-refractivity contribution < 1.29 is 8.42 Å². The highest BCUT2D eigenvalue weighted by atomic mass is 32.2. The Kier molecular flexibility index (Phi) is 5.05. The molecule has 0 spiro atoms. The molecule has 1 atom stereocenters. The molecular formula is C15H24N2O2S. The molecule has 1 aliphatic heterocycles. The monoisotopic (exact) mass is 296 g/mol. The van der Waals surface area contributed by atoms with E-state index in [-0.39, 0.29) is 6.04 Å². The molecule has 1 heterocycles. The zero-order chi connectivity index (χ0) is 14.6. The van der Waals surface area contributed by atoms with Crippen molar-refractivity contribution in [1.29, 1.82) is 0 Å². The Morgan fingerprint density at radius 1 is 1.35 bits per heavy atom. The minimum absolute atomic E-state index is 0.0206. The van der Waals surface area contributed by atoms with Gasteiger partial charge in [0.25, 0.3) is 0 Å². The first kappa shape index (κ1) is 15.3. The molecule has 1 aromatic rings. The number of fused-ring (bicyclic) bond motifs is 1. The van der Waals surface area contributed by atoms with E-state index in [0.29, 0.717) is 4.90 Å². The molecule has 0 saturated carbocycles. The lowest BCUT2D eigenvalue weighted by Crippen LogP contribution is -2.32. The topological polar surface area (TPSA) is 58.2 Å². The zero-order valence-corrected chi connectivity index (χ0v) is 13.1. The number of benzene rings is 1. The van der Waals surface area contributed by atoms with Gasteiger partial charge in [0.1, 0.15) is 0 Å². The first-order valence-electron chi connectivity index (χ1n) is 7.42. The molecule has 0 saturated heterocycles. The lowest BCUT2D eigenvalue weighted by atomic mass is 10.1. The molecule has 0 radical (unpaired) electrons. The van der Waals surface area contributed by atoms with Crippen molar-refractivity contribution in [1.82, 2.24) is 4.72 Å². The SMILES string of the molecule is CCCCCC(C)NS(=O)(=O)c1ccc2c(c1)NCC2. The minimum Gasteiger partial charge on any atom is -0.384 e. The molecule has 112 valence electrons. The molecule has 1 aliphatic rings. The third-order valence-corrected chi connectivity index (χ3v) is 5.29. The van der Waals surface area contributed by atoms with E-state index < -0.39 is 10.0 Å². The summed E-state index contributed by atoms with van der Waals surface area (Å²) in [5.74, 6) is 0. The van der Waals surface area contributed by atoms with E-state index in [9.17, 15) is 8.42 Å². The molecule has 20 heavy (non-hydrogen) atoms. The molecule has 0 fully saturated rings. The summed E-state index contributed by atoms with van der Waals surface area (Å²) in [5, 5.41) is 3.22. The number of rotatable bonds is 7. The van der Waals surface area contributed by atoms with Crippen LogP contribution in [-0.4, -0.2) is 21.0 Å². The lowest BCUT2D eigenvalue weighted by Gasteiger charge is -2.14. The number of hydrogen-bond donors (Lipinski definition) is 2. The molecule has 5 heteroatoms. The molecule has 2 rings (SSSR count). The smallest absolute Gasteiger partial charge is 0.240 e. The molecule has 4 nitrogen and oxygen atoms in total. The predicted octanol–water partition coefficient (Wildman–Crippen LogP) is 2.90.